The van der Waals surface area contributed by atoms with Crippen molar-refractivity contribution in [3.8, 4) is 0 Å². The number of hydrogen-bond acceptors (Lipinski definition) is 4. The molecule has 0 aliphatic rings. The van der Waals surface area contributed by atoms with Crippen LogP contribution in [-0.4, -0.2) is 35.6 Å². The van der Waals surface area contributed by atoms with E-state index in [1.54, 1.807) is 42.5 Å². The molecule has 2 aromatic carbocycles. The Kier molecular flexibility index (Phi) is 7.30. The lowest BCUT2D eigenvalue weighted by Gasteiger charge is -2.21. The number of rotatable bonds is 5. The number of aliphatic imine (C=N–C) groups is 1. The highest BCUT2D eigenvalue weighted by Gasteiger charge is 2.22. The van der Waals surface area contributed by atoms with Gasteiger partial charge >= 0.3 is 6.03 Å². The Hall–Kier alpha value is -2.24. The van der Waals surface area contributed by atoms with Gasteiger partial charge in [0.15, 0.2) is 0 Å². The molecule has 1 N–H and O–H groups in total. The summed E-state index contributed by atoms with van der Waals surface area (Å²) >= 11 is 16.6. The first-order valence-electron chi connectivity index (χ1n) is 7.61. The molecule has 2 aromatic rings. The summed E-state index contributed by atoms with van der Waals surface area (Å²) in [7, 11) is 1.47. The number of carbonyl (C=O) groups excluding carboxylic acids is 2. The average Bonchev–Trinajstić information content (AvgIpc) is 2.63. The predicted molar refractivity (Wildman–Crippen MR) is 107 cm³/mol. The highest BCUT2D eigenvalue weighted by atomic mass is 35.5. The summed E-state index contributed by atoms with van der Waals surface area (Å²) in [5.74, 6) is -0.424. The van der Waals surface area contributed by atoms with Crippen LogP contribution < -0.4 is 5.32 Å². The van der Waals surface area contributed by atoms with E-state index in [-0.39, 0.29) is 6.54 Å². The van der Waals surface area contributed by atoms with Gasteiger partial charge in [0.2, 0.25) is 0 Å². The van der Waals surface area contributed by atoms with E-state index in [1.165, 1.54) is 7.05 Å². The fourth-order valence-electron chi connectivity index (χ4n) is 2.27. The standard InChI is InChI=1S/C18H15Cl2N3O2S/c1-21-18(25)23(9-8-12-2-5-14(19)10-16(12)20)17(24)13-3-6-15(7-4-13)22-11-26/h2-7,10H,8-9H2,1H3,(H,21,25). The zero-order valence-electron chi connectivity index (χ0n) is 13.8. The maximum Gasteiger partial charge on any atom is 0.324 e. The van der Waals surface area contributed by atoms with E-state index in [0.29, 0.717) is 27.7 Å². The van der Waals surface area contributed by atoms with E-state index in [0.717, 1.165) is 10.5 Å². The molecule has 0 radical (unpaired) electrons. The van der Waals surface area contributed by atoms with Gasteiger partial charge in [-0.3, -0.25) is 9.69 Å². The lowest BCUT2D eigenvalue weighted by Crippen LogP contribution is -2.43. The Balaban J connectivity index is 2.19. The SMILES string of the molecule is CNC(=O)N(CCc1ccc(Cl)cc1Cl)C(=O)c1ccc(N=C=S)cc1. The summed E-state index contributed by atoms with van der Waals surface area (Å²) in [5.41, 5.74) is 1.73. The van der Waals surface area contributed by atoms with E-state index in [9.17, 15) is 9.59 Å². The Bertz CT molecular complexity index is 865. The molecule has 0 saturated heterocycles. The number of nitrogens with one attached hydrogen (secondary N) is 1. The molecule has 8 heteroatoms. The summed E-state index contributed by atoms with van der Waals surface area (Å²) in [4.78, 5) is 29.8. The first-order valence-corrected chi connectivity index (χ1v) is 8.78. The number of nitrogens with zero attached hydrogens (tertiary/aromatic N) is 2. The molecule has 0 fully saturated rings. The molecule has 0 atom stereocenters. The molecular formula is C18H15Cl2N3O2S. The van der Waals surface area contributed by atoms with Gasteiger partial charge in [0.05, 0.1) is 10.8 Å². The number of imide groups is 1. The minimum absolute atomic E-state index is 0.166. The zero-order valence-corrected chi connectivity index (χ0v) is 16.2. The van der Waals surface area contributed by atoms with E-state index < -0.39 is 11.9 Å². The number of carbonyl (C=O) groups is 2. The topological polar surface area (TPSA) is 61.8 Å². The van der Waals surface area contributed by atoms with Gasteiger partial charge in [0.1, 0.15) is 0 Å². The summed E-state index contributed by atoms with van der Waals surface area (Å²) < 4.78 is 0. The molecule has 2 rings (SSSR count). The molecule has 0 saturated carbocycles. The minimum atomic E-state index is -0.499. The molecule has 0 aromatic heterocycles. The Morgan fingerprint density at radius 1 is 1.19 bits per heavy atom. The summed E-state index contributed by atoms with van der Waals surface area (Å²) in [5, 5.41) is 5.75. The van der Waals surface area contributed by atoms with E-state index >= 15 is 0 Å². The van der Waals surface area contributed by atoms with Crippen molar-refractivity contribution in [1.29, 1.82) is 0 Å². The molecule has 26 heavy (non-hydrogen) atoms. The molecule has 0 unspecified atom stereocenters. The second-order valence-electron chi connectivity index (χ2n) is 5.25. The summed E-state index contributed by atoms with van der Waals surface area (Å²) in [6, 6.07) is 11.0. The van der Waals surface area contributed by atoms with Crippen LogP contribution in [0.1, 0.15) is 15.9 Å². The van der Waals surface area contributed by atoms with Crippen molar-refractivity contribution in [2.45, 2.75) is 6.42 Å². The number of amides is 3. The Morgan fingerprint density at radius 2 is 1.88 bits per heavy atom. The molecule has 0 aliphatic carbocycles. The molecule has 3 amide bonds. The Morgan fingerprint density at radius 3 is 2.46 bits per heavy atom. The second kappa shape index (κ2) is 9.46. The van der Waals surface area contributed by atoms with Crippen LogP contribution in [0.4, 0.5) is 10.5 Å². The minimum Gasteiger partial charge on any atom is -0.341 e. The molecule has 0 heterocycles. The highest BCUT2D eigenvalue weighted by Crippen LogP contribution is 2.22. The maximum atomic E-state index is 12.7. The van der Waals surface area contributed by atoms with Crippen LogP contribution in [0.5, 0.6) is 0 Å². The number of benzene rings is 2. The van der Waals surface area contributed by atoms with Gasteiger partial charge in [-0.25, -0.2) is 4.79 Å². The molecule has 0 spiro atoms. The molecule has 5 nitrogen and oxygen atoms in total. The van der Waals surface area contributed by atoms with Crippen LogP contribution in [0.3, 0.4) is 0 Å². The van der Waals surface area contributed by atoms with E-state index in [4.69, 9.17) is 23.2 Å². The fraction of sp³-hybridized carbons (Fsp3) is 0.167. The zero-order chi connectivity index (χ0) is 19.1. The van der Waals surface area contributed by atoms with Crippen molar-refractivity contribution >= 4 is 58.2 Å². The quantitative estimate of drug-likeness (QED) is 0.574. The number of urea groups is 1. The summed E-state index contributed by atoms with van der Waals surface area (Å²) in [6.45, 7) is 0.166. The van der Waals surface area contributed by atoms with Gasteiger partial charge in [0.25, 0.3) is 5.91 Å². The van der Waals surface area contributed by atoms with Gasteiger partial charge in [-0.2, -0.15) is 4.99 Å². The van der Waals surface area contributed by atoms with Crippen LogP contribution in [-0.2, 0) is 6.42 Å². The van der Waals surface area contributed by atoms with Crippen molar-refractivity contribution in [2.24, 2.45) is 4.99 Å². The number of hydrogen-bond donors (Lipinski definition) is 1. The first kappa shape index (κ1) is 20.1. The van der Waals surface area contributed by atoms with E-state index in [2.05, 4.69) is 27.7 Å². The van der Waals surface area contributed by atoms with Crippen LogP contribution in [0.15, 0.2) is 47.5 Å². The second-order valence-corrected chi connectivity index (χ2v) is 6.27. The van der Waals surface area contributed by atoms with Crippen LogP contribution in [0, 0.1) is 0 Å². The van der Waals surface area contributed by atoms with Gasteiger partial charge in [-0.15, -0.1) is 0 Å². The van der Waals surface area contributed by atoms with Crippen molar-refractivity contribution in [2.75, 3.05) is 13.6 Å². The lowest BCUT2D eigenvalue weighted by molar-refractivity contribution is 0.0803. The Labute approximate surface area is 166 Å². The molecular weight excluding hydrogens is 393 g/mol. The van der Waals surface area contributed by atoms with Crippen LogP contribution in [0.2, 0.25) is 10.0 Å². The molecule has 134 valence electrons. The van der Waals surface area contributed by atoms with Gasteiger partial charge in [0, 0.05) is 29.2 Å². The van der Waals surface area contributed by atoms with Crippen molar-refractivity contribution in [1.82, 2.24) is 10.2 Å². The number of isothiocyanates is 1. The smallest absolute Gasteiger partial charge is 0.324 e. The first-order chi connectivity index (χ1) is 12.5. The normalized spacial score (nSPS) is 9.96. The molecule has 0 aliphatic heterocycles. The summed E-state index contributed by atoms with van der Waals surface area (Å²) in [6.07, 6.45) is 0.405. The van der Waals surface area contributed by atoms with Crippen molar-refractivity contribution < 1.29 is 9.59 Å². The van der Waals surface area contributed by atoms with Gasteiger partial charge < -0.3 is 5.32 Å². The number of thiocarbonyl (C=S) groups is 1. The monoisotopic (exact) mass is 407 g/mol. The third kappa shape index (κ3) is 5.13. The largest absolute Gasteiger partial charge is 0.341 e. The third-order valence-electron chi connectivity index (χ3n) is 3.61. The lowest BCUT2D eigenvalue weighted by atomic mass is 10.1. The van der Waals surface area contributed by atoms with Gasteiger partial charge in [-0.1, -0.05) is 29.3 Å². The average molecular weight is 408 g/mol. The van der Waals surface area contributed by atoms with Gasteiger partial charge in [-0.05, 0) is 60.6 Å². The predicted octanol–water partition coefficient (Wildman–Crippen LogP) is 4.75. The van der Waals surface area contributed by atoms with Crippen molar-refractivity contribution in [3.05, 3.63) is 63.6 Å². The van der Waals surface area contributed by atoms with E-state index in [1.807, 2.05) is 0 Å². The number of halogens is 2. The third-order valence-corrected chi connectivity index (χ3v) is 4.29. The maximum absolute atomic E-state index is 12.7. The van der Waals surface area contributed by atoms with Crippen LogP contribution >= 0.6 is 35.4 Å². The fourth-order valence-corrected chi connectivity index (χ4v) is 2.88. The highest BCUT2D eigenvalue weighted by molar-refractivity contribution is 7.78. The molecule has 0 bridgehead atoms. The van der Waals surface area contributed by atoms with Crippen LogP contribution in [0.25, 0.3) is 0 Å². The van der Waals surface area contributed by atoms with Crippen molar-refractivity contribution in [3.63, 3.8) is 0 Å².